The Kier molecular flexibility index (Phi) is 5.29. The van der Waals surface area contributed by atoms with Crippen molar-refractivity contribution in [2.45, 2.75) is 39.5 Å². The lowest BCUT2D eigenvalue weighted by Crippen LogP contribution is -2.37. The molecule has 0 aliphatic rings. The average molecular weight is 409 g/mol. The first-order valence-electron chi connectivity index (χ1n) is 8.50. The maximum Gasteiger partial charge on any atom is 0.431 e. The second kappa shape index (κ2) is 7.38. The smallest absolute Gasteiger partial charge is 0.347 e. The van der Waals surface area contributed by atoms with Crippen molar-refractivity contribution in [3.63, 3.8) is 0 Å². The maximum atomic E-state index is 13.6. The highest BCUT2D eigenvalue weighted by Gasteiger charge is 2.35. The molecule has 148 valence electrons. The number of rotatable bonds is 4. The molecular formula is C19H18F3N3O2S. The van der Waals surface area contributed by atoms with Gasteiger partial charge in [0.15, 0.2) is 5.43 Å². The average Bonchev–Trinajstić information content (AvgIpc) is 3.02. The van der Waals surface area contributed by atoms with Crippen LogP contribution in [-0.2, 0) is 12.7 Å². The molecule has 28 heavy (non-hydrogen) atoms. The van der Waals surface area contributed by atoms with Crippen LogP contribution in [0.3, 0.4) is 0 Å². The van der Waals surface area contributed by atoms with Crippen LogP contribution in [0.2, 0.25) is 0 Å². The molecule has 2 aromatic heterocycles. The number of halogens is 3. The molecule has 0 spiro atoms. The summed E-state index contributed by atoms with van der Waals surface area (Å²) in [5.74, 6) is -0.387. The molecule has 3 aromatic rings. The Hall–Kier alpha value is -2.68. The predicted molar refractivity (Wildman–Crippen MR) is 102 cm³/mol. The highest BCUT2D eigenvalue weighted by atomic mass is 32.1. The molecule has 2 heterocycles. The molecule has 0 aliphatic heterocycles. The summed E-state index contributed by atoms with van der Waals surface area (Å²) in [5, 5.41) is 2.92. The quantitative estimate of drug-likeness (QED) is 0.711. The van der Waals surface area contributed by atoms with Gasteiger partial charge in [0.1, 0.15) is 10.6 Å². The molecule has 9 heteroatoms. The summed E-state index contributed by atoms with van der Waals surface area (Å²) in [6, 6.07) is 4.73. The van der Waals surface area contributed by atoms with Crippen molar-refractivity contribution in [1.82, 2.24) is 14.9 Å². The zero-order valence-corrected chi connectivity index (χ0v) is 16.2. The summed E-state index contributed by atoms with van der Waals surface area (Å²) in [6.45, 7) is 4.93. The van der Waals surface area contributed by atoms with Gasteiger partial charge < -0.3 is 9.88 Å². The summed E-state index contributed by atoms with van der Waals surface area (Å²) in [5.41, 5.74) is 1.34. The molecule has 1 amide bonds. The molecule has 5 nitrogen and oxygen atoms in total. The van der Waals surface area contributed by atoms with Crippen LogP contribution in [0.1, 0.15) is 33.5 Å². The molecule has 1 aromatic carbocycles. The Labute approximate surface area is 162 Å². The highest BCUT2D eigenvalue weighted by Crippen LogP contribution is 2.31. The standard InChI is InChI=1S/C19H18F3N3O2S/c1-10-4-5-14-13(6-10)15(26)7-16(19(20,21)22)25(14)8-11(2)24-18(27)17-12(3)23-9-28-17/h4-7,9,11H,8H2,1-3H3,(H,24,27)/t11-/m1/s1. The third-order valence-corrected chi connectivity index (χ3v) is 5.27. The molecule has 1 atom stereocenters. The first-order chi connectivity index (χ1) is 13.1. The van der Waals surface area contributed by atoms with Gasteiger partial charge in [-0.3, -0.25) is 9.59 Å². The number of nitrogens with zero attached hydrogens (tertiary/aromatic N) is 2. The Morgan fingerprint density at radius 1 is 1.29 bits per heavy atom. The zero-order valence-electron chi connectivity index (χ0n) is 15.4. The van der Waals surface area contributed by atoms with Gasteiger partial charge in [-0.05, 0) is 32.9 Å². The van der Waals surface area contributed by atoms with Crippen molar-refractivity contribution in [3.8, 4) is 0 Å². The van der Waals surface area contributed by atoms with Gasteiger partial charge in [0.2, 0.25) is 0 Å². The van der Waals surface area contributed by atoms with E-state index in [9.17, 15) is 22.8 Å². The number of carbonyl (C=O) groups excluding carboxylic acids is 1. The lowest BCUT2D eigenvalue weighted by Gasteiger charge is -2.22. The number of amides is 1. The number of aromatic nitrogens is 2. The molecule has 0 fully saturated rings. The zero-order chi connectivity index (χ0) is 20.6. The minimum Gasteiger partial charge on any atom is -0.347 e. The normalized spacial score (nSPS) is 12.9. The van der Waals surface area contributed by atoms with E-state index in [1.807, 2.05) is 0 Å². The predicted octanol–water partition coefficient (Wildman–Crippen LogP) is 3.91. The Morgan fingerprint density at radius 3 is 2.61 bits per heavy atom. The van der Waals surface area contributed by atoms with Crippen LogP contribution in [0.15, 0.2) is 34.6 Å². The van der Waals surface area contributed by atoms with Crippen LogP contribution < -0.4 is 10.7 Å². The summed E-state index contributed by atoms with van der Waals surface area (Å²) in [7, 11) is 0. The van der Waals surface area contributed by atoms with E-state index in [2.05, 4.69) is 10.3 Å². The summed E-state index contributed by atoms with van der Waals surface area (Å²) in [6.07, 6.45) is -4.70. The van der Waals surface area contributed by atoms with Crippen LogP contribution in [0.25, 0.3) is 10.9 Å². The topological polar surface area (TPSA) is 64.0 Å². The fourth-order valence-corrected chi connectivity index (χ4v) is 3.76. The summed E-state index contributed by atoms with van der Waals surface area (Å²) < 4.78 is 41.8. The molecule has 0 saturated carbocycles. The lowest BCUT2D eigenvalue weighted by atomic mass is 10.1. The van der Waals surface area contributed by atoms with E-state index >= 15 is 0 Å². The van der Waals surface area contributed by atoms with E-state index in [-0.39, 0.29) is 23.4 Å². The number of hydrogen-bond donors (Lipinski definition) is 1. The monoisotopic (exact) mass is 409 g/mol. The van der Waals surface area contributed by atoms with Gasteiger partial charge in [0.05, 0.1) is 16.7 Å². The van der Waals surface area contributed by atoms with Gasteiger partial charge >= 0.3 is 6.18 Å². The highest BCUT2D eigenvalue weighted by molar-refractivity contribution is 7.11. The van der Waals surface area contributed by atoms with Crippen molar-refractivity contribution in [2.75, 3.05) is 0 Å². The number of thiazole rings is 1. The minimum absolute atomic E-state index is 0.141. The van der Waals surface area contributed by atoms with Crippen LogP contribution in [-0.4, -0.2) is 21.5 Å². The fourth-order valence-electron chi connectivity index (χ4n) is 3.05. The number of carbonyl (C=O) groups is 1. The number of alkyl halides is 3. The van der Waals surface area contributed by atoms with E-state index in [4.69, 9.17) is 0 Å². The maximum absolute atomic E-state index is 13.6. The lowest BCUT2D eigenvalue weighted by molar-refractivity contribution is -0.143. The number of hydrogen-bond acceptors (Lipinski definition) is 4. The molecule has 1 N–H and O–H groups in total. The third-order valence-electron chi connectivity index (χ3n) is 4.34. The van der Waals surface area contributed by atoms with Crippen LogP contribution in [0.4, 0.5) is 13.2 Å². The van der Waals surface area contributed by atoms with Crippen molar-refractivity contribution in [1.29, 1.82) is 0 Å². The largest absolute Gasteiger partial charge is 0.431 e. The Morgan fingerprint density at radius 2 is 2.00 bits per heavy atom. The van der Waals surface area contributed by atoms with Crippen LogP contribution in [0, 0.1) is 13.8 Å². The Bertz CT molecular complexity index is 1100. The van der Waals surface area contributed by atoms with Gasteiger partial charge in [0.25, 0.3) is 5.91 Å². The summed E-state index contributed by atoms with van der Waals surface area (Å²) >= 11 is 1.17. The second-order valence-electron chi connectivity index (χ2n) is 6.66. The number of aryl methyl sites for hydroxylation is 2. The van der Waals surface area contributed by atoms with Crippen molar-refractivity contribution in [3.05, 3.63) is 61.8 Å². The number of pyridine rings is 1. The van der Waals surface area contributed by atoms with Gasteiger partial charge in [0, 0.05) is 24.0 Å². The second-order valence-corrected chi connectivity index (χ2v) is 7.52. The number of fused-ring (bicyclic) bond motifs is 1. The van der Waals surface area contributed by atoms with Crippen molar-refractivity contribution >= 4 is 28.1 Å². The van der Waals surface area contributed by atoms with Gasteiger partial charge in [-0.1, -0.05) is 11.6 Å². The fraction of sp³-hybridized carbons (Fsp3) is 0.316. The minimum atomic E-state index is -4.70. The van der Waals surface area contributed by atoms with Crippen molar-refractivity contribution < 1.29 is 18.0 Å². The van der Waals surface area contributed by atoms with Gasteiger partial charge in [-0.2, -0.15) is 13.2 Å². The number of benzene rings is 1. The molecule has 0 radical (unpaired) electrons. The van der Waals surface area contributed by atoms with Crippen LogP contribution in [0.5, 0.6) is 0 Å². The SMILES string of the molecule is Cc1ccc2c(c1)c(=O)cc(C(F)(F)F)n2C[C@@H](C)NC(=O)c1scnc1C. The van der Waals surface area contributed by atoms with E-state index in [0.717, 1.165) is 10.1 Å². The molecular weight excluding hydrogens is 391 g/mol. The van der Waals surface area contributed by atoms with E-state index in [0.29, 0.717) is 16.6 Å². The number of nitrogens with one attached hydrogen (secondary N) is 1. The van der Waals surface area contributed by atoms with E-state index in [1.165, 1.54) is 22.9 Å². The van der Waals surface area contributed by atoms with Gasteiger partial charge in [-0.15, -0.1) is 11.3 Å². The molecule has 0 saturated heterocycles. The summed E-state index contributed by atoms with van der Waals surface area (Å²) in [4.78, 5) is 29.0. The van der Waals surface area contributed by atoms with Crippen LogP contribution >= 0.6 is 11.3 Å². The van der Waals surface area contributed by atoms with E-state index < -0.39 is 23.3 Å². The molecule has 3 rings (SSSR count). The van der Waals surface area contributed by atoms with Gasteiger partial charge in [-0.25, -0.2) is 4.98 Å². The first-order valence-corrected chi connectivity index (χ1v) is 9.38. The van der Waals surface area contributed by atoms with E-state index in [1.54, 1.807) is 32.9 Å². The third kappa shape index (κ3) is 3.94. The Balaban J connectivity index is 2.01. The molecule has 0 unspecified atom stereocenters. The van der Waals surface area contributed by atoms with Crippen molar-refractivity contribution in [2.24, 2.45) is 0 Å². The molecule has 0 aliphatic carbocycles. The molecule has 0 bridgehead atoms. The first kappa shape index (κ1) is 20.1.